The molecule has 1 aromatic heterocycles. The summed E-state index contributed by atoms with van der Waals surface area (Å²) in [6, 6.07) is 3.79. The Hall–Kier alpha value is -1.45. The van der Waals surface area contributed by atoms with E-state index >= 15 is 0 Å². The average molecular weight is 223 g/mol. The molecule has 0 amide bonds. The third kappa shape index (κ3) is 3.02. The first-order chi connectivity index (χ1) is 7.72. The van der Waals surface area contributed by atoms with Gasteiger partial charge in [-0.15, -0.1) is 0 Å². The number of nitrogens with two attached hydrogens (primary N) is 1. The van der Waals surface area contributed by atoms with E-state index in [1.165, 1.54) is 0 Å². The molecule has 0 aliphatic carbocycles. The van der Waals surface area contributed by atoms with Gasteiger partial charge in [-0.05, 0) is 25.0 Å². The molecule has 0 saturated carbocycles. The van der Waals surface area contributed by atoms with Crippen LogP contribution in [-0.2, 0) is 0 Å². The van der Waals surface area contributed by atoms with Crippen LogP contribution in [0.25, 0.3) is 0 Å². The van der Waals surface area contributed by atoms with Crippen molar-refractivity contribution in [3.8, 4) is 5.88 Å². The Morgan fingerprint density at radius 3 is 2.38 bits per heavy atom. The Balaban J connectivity index is 2.90. The fourth-order valence-corrected chi connectivity index (χ4v) is 1.66. The van der Waals surface area contributed by atoms with Gasteiger partial charge in [0, 0.05) is 13.1 Å². The normalized spacial score (nSPS) is 10.2. The van der Waals surface area contributed by atoms with Crippen LogP contribution in [0.2, 0.25) is 0 Å². The number of hydrogen-bond donors (Lipinski definition) is 1. The number of nitrogen functional groups attached to an aromatic ring is 1. The lowest BCUT2D eigenvalue weighted by Gasteiger charge is -2.23. The number of methoxy groups -OCH3 is 1. The van der Waals surface area contributed by atoms with Crippen molar-refractivity contribution in [2.45, 2.75) is 26.7 Å². The third-order valence-electron chi connectivity index (χ3n) is 2.38. The molecule has 4 heteroatoms. The zero-order valence-electron chi connectivity index (χ0n) is 10.4. The summed E-state index contributed by atoms with van der Waals surface area (Å²) in [6.45, 7) is 6.34. The van der Waals surface area contributed by atoms with E-state index in [0.29, 0.717) is 11.6 Å². The zero-order valence-corrected chi connectivity index (χ0v) is 10.4. The Morgan fingerprint density at radius 1 is 1.25 bits per heavy atom. The summed E-state index contributed by atoms with van der Waals surface area (Å²) < 4.78 is 5.13. The molecule has 0 unspecified atom stereocenters. The van der Waals surface area contributed by atoms with E-state index in [4.69, 9.17) is 10.5 Å². The summed E-state index contributed by atoms with van der Waals surface area (Å²) in [4.78, 5) is 6.66. The predicted molar refractivity (Wildman–Crippen MR) is 68.0 cm³/mol. The highest BCUT2D eigenvalue weighted by molar-refractivity contribution is 5.54. The number of aromatic nitrogens is 1. The topological polar surface area (TPSA) is 51.4 Å². The maximum Gasteiger partial charge on any atom is 0.238 e. The molecule has 2 N–H and O–H groups in total. The summed E-state index contributed by atoms with van der Waals surface area (Å²) in [5.41, 5.74) is 6.32. The summed E-state index contributed by atoms with van der Waals surface area (Å²) in [6.07, 6.45) is 2.21. The minimum atomic E-state index is 0.509. The van der Waals surface area contributed by atoms with Gasteiger partial charge in [-0.1, -0.05) is 13.8 Å². The second-order valence-electron chi connectivity index (χ2n) is 3.76. The van der Waals surface area contributed by atoms with Gasteiger partial charge < -0.3 is 15.4 Å². The second kappa shape index (κ2) is 6.20. The summed E-state index contributed by atoms with van der Waals surface area (Å²) >= 11 is 0. The van der Waals surface area contributed by atoms with E-state index in [-0.39, 0.29) is 0 Å². The van der Waals surface area contributed by atoms with E-state index in [0.717, 1.165) is 31.7 Å². The van der Waals surface area contributed by atoms with E-state index in [1.54, 1.807) is 7.11 Å². The first-order valence-corrected chi connectivity index (χ1v) is 5.78. The van der Waals surface area contributed by atoms with Gasteiger partial charge >= 0.3 is 0 Å². The van der Waals surface area contributed by atoms with Gasteiger partial charge in [0.15, 0.2) is 0 Å². The lowest BCUT2D eigenvalue weighted by Crippen LogP contribution is -2.25. The lowest BCUT2D eigenvalue weighted by molar-refractivity contribution is 0.400. The van der Waals surface area contributed by atoms with Crippen LogP contribution in [-0.4, -0.2) is 25.2 Å². The van der Waals surface area contributed by atoms with Crippen molar-refractivity contribution < 1.29 is 4.74 Å². The Bertz CT molecular complexity index is 322. The minimum Gasteiger partial charge on any atom is -0.479 e. The quantitative estimate of drug-likeness (QED) is 0.804. The van der Waals surface area contributed by atoms with Crippen LogP contribution in [0.1, 0.15) is 26.7 Å². The van der Waals surface area contributed by atoms with Crippen molar-refractivity contribution in [3.05, 3.63) is 12.1 Å². The van der Waals surface area contributed by atoms with Gasteiger partial charge in [-0.25, -0.2) is 0 Å². The van der Waals surface area contributed by atoms with E-state index in [2.05, 4.69) is 23.7 Å². The summed E-state index contributed by atoms with van der Waals surface area (Å²) in [5.74, 6) is 1.45. The van der Waals surface area contributed by atoms with Gasteiger partial charge in [0.05, 0.1) is 12.8 Å². The van der Waals surface area contributed by atoms with Crippen molar-refractivity contribution in [2.75, 3.05) is 30.8 Å². The van der Waals surface area contributed by atoms with Gasteiger partial charge in [-0.3, -0.25) is 0 Å². The van der Waals surface area contributed by atoms with Crippen molar-refractivity contribution in [2.24, 2.45) is 0 Å². The molecule has 0 bridgehead atoms. The second-order valence-corrected chi connectivity index (χ2v) is 3.76. The monoisotopic (exact) mass is 223 g/mol. The molecule has 1 aromatic rings. The molecule has 16 heavy (non-hydrogen) atoms. The fraction of sp³-hybridized carbons (Fsp3) is 0.583. The lowest BCUT2D eigenvalue weighted by atomic mass is 10.3. The molecule has 0 aliphatic heterocycles. The predicted octanol–water partition coefficient (Wildman–Crippen LogP) is 2.30. The first kappa shape index (κ1) is 12.6. The van der Waals surface area contributed by atoms with Gasteiger partial charge in [0.1, 0.15) is 5.82 Å². The number of rotatable bonds is 6. The molecule has 0 atom stereocenters. The molecular weight excluding hydrogens is 202 g/mol. The summed E-state index contributed by atoms with van der Waals surface area (Å²) in [5, 5.41) is 0. The molecule has 1 rings (SSSR count). The van der Waals surface area contributed by atoms with Crippen molar-refractivity contribution in [3.63, 3.8) is 0 Å². The Kier molecular flexibility index (Phi) is 4.89. The molecule has 4 nitrogen and oxygen atoms in total. The first-order valence-electron chi connectivity index (χ1n) is 5.78. The zero-order chi connectivity index (χ0) is 12.0. The molecule has 0 spiro atoms. The number of pyridine rings is 1. The number of nitrogens with zero attached hydrogens (tertiary/aromatic N) is 2. The highest BCUT2D eigenvalue weighted by Gasteiger charge is 2.09. The van der Waals surface area contributed by atoms with Crippen LogP contribution in [0.5, 0.6) is 5.88 Å². The van der Waals surface area contributed by atoms with Crippen LogP contribution >= 0.6 is 0 Å². The molecule has 0 aliphatic rings. The standard InChI is InChI=1S/C12H21N3O/c1-4-8-15(9-5-2)11-7-6-10(13)12(14-11)16-3/h6-7H,4-5,8-9,13H2,1-3H3. The summed E-state index contributed by atoms with van der Waals surface area (Å²) in [7, 11) is 1.59. The highest BCUT2D eigenvalue weighted by Crippen LogP contribution is 2.22. The maximum absolute atomic E-state index is 5.74. The van der Waals surface area contributed by atoms with E-state index in [9.17, 15) is 0 Å². The molecule has 0 aromatic carbocycles. The molecule has 0 radical (unpaired) electrons. The van der Waals surface area contributed by atoms with Gasteiger partial charge in [0.25, 0.3) is 0 Å². The van der Waals surface area contributed by atoms with Crippen LogP contribution in [0.4, 0.5) is 11.5 Å². The molecule has 0 fully saturated rings. The highest BCUT2D eigenvalue weighted by atomic mass is 16.5. The van der Waals surface area contributed by atoms with E-state index < -0.39 is 0 Å². The van der Waals surface area contributed by atoms with Gasteiger partial charge in [-0.2, -0.15) is 4.98 Å². The Labute approximate surface area is 97.4 Å². The SMILES string of the molecule is CCCN(CCC)c1ccc(N)c(OC)n1. The minimum absolute atomic E-state index is 0.509. The van der Waals surface area contributed by atoms with Crippen molar-refractivity contribution >= 4 is 11.5 Å². The van der Waals surface area contributed by atoms with Crippen LogP contribution < -0.4 is 15.4 Å². The van der Waals surface area contributed by atoms with Crippen LogP contribution in [0.3, 0.4) is 0 Å². The van der Waals surface area contributed by atoms with E-state index in [1.807, 2.05) is 12.1 Å². The van der Waals surface area contributed by atoms with Gasteiger partial charge in [0.2, 0.25) is 5.88 Å². The van der Waals surface area contributed by atoms with Crippen molar-refractivity contribution in [1.29, 1.82) is 0 Å². The van der Waals surface area contributed by atoms with Crippen LogP contribution in [0.15, 0.2) is 12.1 Å². The average Bonchev–Trinajstić information content (AvgIpc) is 2.29. The number of anilines is 2. The largest absolute Gasteiger partial charge is 0.479 e. The maximum atomic E-state index is 5.74. The Morgan fingerprint density at radius 2 is 1.88 bits per heavy atom. The molecule has 1 heterocycles. The number of ether oxygens (including phenoxy) is 1. The van der Waals surface area contributed by atoms with Crippen molar-refractivity contribution in [1.82, 2.24) is 4.98 Å². The number of hydrogen-bond acceptors (Lipinski definition) is 4. The van der Waals surface area contributed by atoms with Crippen LogP contribution in [0, 0.1) is 0 Å². The smallest absolute Gasteiger partial charge is 0.238 e. The molecular formula is C12H21N3O. The molecule has 90 valence electrons. The molecule has 0 saturated heterocycles. The third-order valence-corrected chi connectivity index (χ3v) is 2.38. The fourth-order valence-electron chi connectivity index (χ4n) is 1.66.